The molecule has 1 heterocycles. The molecule has 3 rings (SSSR count). The zero-order valence-electron chi connectivity index (χ0n) is 17.9. The molecule has 0 aliphatic carbocycles. The smallest absolute Gasteiger partial charge is 0.251 e. The van der Waals surface area contributed by atoms with Crippen molar-refractivity contribution in [1.29, 1.82) is 0 Å². The normalized spacial score (nSPS) is 12.7. The lowest BCUT2D eigenvalue weighted by Crippen LogP contribution is -2.29. The van der Waals surface area contributed by atoms with Crippen molar-refractivity contribution in [1.82, 2.24) is 25.4 Å². The Morgan fingerprint density at radius 1 is 0.935 bits per heavy atom. The van der Waals surface area contributed by atoms with Crippen molar-refractivity contribution in [3.63, 3.8) is 0 Å². The molecular formula is C23H27N5O2S. The van der Waals surface area contributed by atoms with Gasteiger partial charge in [0, 0.05) is 12.1 Å². The number of amides is 2. The van der Waals surface area contributed by atoms with Crippen LogP contribution in [0.2, 0.25) is 0 Å². The molecule has 7 nitrogen and oxygen atoms in total. The fourth-order valence-corrected chi connectivity index (χ4v) is 4.02. The van der Waals surface area contributed by atoms with E-state index < -0.39 is 0 Å². The molecule has 0 radical (unpaired) electrons. The van der Waals surface area contributed by atoms with Gasteiger partial charge in [-0.25, -0.2) is 0 Å². The van der Waals surface area contributed by atoms with Crippen LogP contribution in [0.3, 0.4) is 0 Å². The molecule has 0 unspecified atom stereocenters. The Kier molecular flexibility index (Phi) is 7.83. The van der Waals surface area contributed by atoms with Crippen molar-refractivity contribution in [2.45, 2.75) is 44.6 Å². The number of carbonyl (C=O) groups excluding carboxylic acids is 2. The highest BCUT2D eigenvalue weighted by Crippen LogP contribution is 2.21. The topological polar surface area (TPSA) is 88.9 Å². The van der Waals surface area contributed by atoms with E-state index in [2.05, 4.69) is 20.8 Å². The van der Waals surface area contributed by atoms with Crippen LogP contribution in [0.25, 0.3) is 0 Å². The molecule has 2 N–H and O–H groups in total. The second-order valence-electron chi connectivity index (χ2n) is 7.13. The van der Waals surface area contributed by atoms with Gasteiger partial charge >= 0.3 is 0 Å². The predicted octanol–water partition coefficient (Wildman–Crippen LogP) is 3.76. The van der Waals surface area contributed by atoms with Gasteiger partial charge in [0.25, 0.3) is 5.91 Å². The molecule has 2 atom stereocenters. The molecule has 0 saturated heterocycles. The van der Waals surface area contributed by atoms with Crippen LogP contribution < -0.4 is 10.6 Å². The molecule has 2 aromatic carbocycles. The summed E-state index contributed by atoms with van der Waals surface area (Å²) >= 11 is 1.34. The van der Waals surface area contributed by atoms with Crippen molar-refractivity contribution in [2.75, 3.05) is 5.75 Å². The molecule has 162 valence electrons. The van der Waals surface area contributed by atoms with E-state index in [0.29, 0.717) is 23.1 Å². The maximum absolute atomic E-state index is 12.4. The summed E-state index contributed by atoms with van der Waals surface area (Å²) in [5.41, 5.74) is 1.65. The van der Waals surface area contributed by atoms with E-state index in [1.807, 2.05) is 73.9 Å². The molecule has 0 fully saturated rings. The number of nitrogens with one attached hydrogen (secondary N) is 2. The van der Waals surface area contributed by atoms with Gasteiger partial charge in [0.15, 0.2) is 11.0 Å². The van der Waals surface area contributed by atoms with E-state index in [1.165, 1.54) is 11.8 Å². The third-order valence-corrected chi connectivity index (χ3v) is 5.81. The summed E-state index contributed by atoms with van der Waals surface area (Å²) < 4.78 is 1.93. The van der Waals surface area contributed by atoms with Gasteiger partial charge in [-0.1, -0.05) is 60.3 Å². The fraction of sp³-hybridized carbons (Fsp3) is 0.304. The average molecular weight is 438 g/mol. The molecule has 8 heteroatoms. The van der Waals surface area contributed by atoms with Crippen LogP contribution in [0.5, 0.6) is 0 Å². The van der Waals surface area contributed by atoms with Gasteiger partial charge in [0.05, 0.1) is 17.8 Å². The van der Waals surface area contributed by atoms with Crippen molar-refractivity contribution in [3.05, 3.63) is 77.6 Å². The summed E-state index contributed by atoms with van der Waals surface area (Å²) in [5.74, 6) is 0.661. The highest BCUT2D eigenvalue weighted by Gasteiger charge is 2.20. The van der Waals surface area contributed by atoms with Gasteiger partial charge in [-0.2, -0.15) is 0 Å². The predicted molar refractivity (Wildman–Crippen MR) is 122 cm³/mol. The number of hydrogen-bond acceptors (Lipinski definition) is 5. The van der Waals surface area contributed by atoms with E-state index >= 15 is 0 Å². The molecule has 2 amide bonds. The molecule has 0 bridgehead atoms. The van der Waals surface area contributed by atoms with E-state index in [9.17, 15) is 9.59 Å². The molecule has 0 aliphatic rings. The van der Waals surface area contributed by atoms with Crippen LogP contribution in [-0.2, 0) is 11.3 Å². The van der Waals surface area contributed by atoms with Gasteiger partial charge in [-0.15, -0.1) is 10.2 Å². The van der Waals surface area contributed by atoms with Gasteiger partial charge in [-0.3, -0.25) is 9.59 Å². The Bertz CT molecular complexity index is 1010. The Morgan fingerprint density at radius 2 is 1.58 bits per heavy atom. The van der Waals surface area contributed by atoms with Gasteiger partial charge < -0.3 is 15.2 Å². The molecule has 3 aromatic rings. The first kappa shape index (κ1) is 22.6. The zero-order valence-corrected chi connectivity index (χ0v) is 18.7. The maximum Gasteiger partial charge on any atom is 0.251 e. The molecule has 31 heavy (non-hydrogen) atoms. The van der Waals surface area contributed by atoms with Crippen LogP contribution in [-0.4, -0.2) is 32.3 Å². The van der Waals surface area contributed by atoms with Crippen molar-refractivity contribution < 1.29 is 9.59 Å². The SMILES string of the molecule is CCn1c(SCC(=O)N[C@H](C)c2ccccc2)nnc1[C@H](C)NC(=O)c1ccccc1. The fourth-order valence-electron chi connectivity index (χ4n) is 3.20. The largest absolute Gasteiger partial charge is 0.349 e. The third kappa shape index (κ3) is 5.95. The van der Waals surface area contributed by atoms with Gasteiger partial charge in [0.2, 0.25) is 5.91 Å². The van der Waals surface area contributed by atoms with Gasteiger partial charge in [-0.05, 0) is 38.5 Å². The van der Waals surface area contributed by atoms with Crippen LogP contribution in [0, 0.1) is 0 Å². The number of hydrogen-bond donors (Lipinski definition) is 2. The highest BCUT2D eigenvalue weighted by atomic mass is 32.2. The number of carbonyl (C=O) groups is 2. The maximum atomic E-state index is 12.4. The van der Waals surface area contributed by atoms with E-state index in [4.69, 9.17) is 0 Å². The number of nitrogens with zero attached hydrogens (tertiary/aromatic N) is 3. The molecule has 0 aliphatic heterocycles. The zero-order chi connectivity index (χ0) is 22.2. The van der Waals surface area contributed by atoms with E-state index in [0.717, 1.165) is 5.56 Å². The number of rotatable bonds is 9. The standard InChI is InChI=1S/C23H27N5O2S/c1-4-28-21(17(3)25-22(30)19-13-9-6-10-14-19)26-27-23(28)31-15-20(29)24-16(2)18-11-7-5-8-12-18/h5-14,16-17H,4,15H2,1-3H3,(H,24,29)(H,25,30)/t16-,17+/m1/s1. The summed E-state index contributed by atoms with van der Waals surface area (Å²) in [6.07, 6.45) is 0. The Hall–Kier alpha value is -3.13. The Labute approximate surface area is 186 Å². The number of aromatic nitrogens is 3. The van der Waals surface area contributed by atoms with Crippen LogP contribution in [0.15, 0.2) is 65.8 Å². The lowest BCUT2D eigenvalue weighted by Gasteiger charge is -2.16. The van der Waals surface area contributed by atoms with E-state index in [1.54, 1.807) is 12.1 Å². The Balaban J connectivity index is 1.59. The van der Waals surface area contributed by atoms with Crippen LogP contribution >= 0.6 is 11.8 Å². The van der Waals surface area contributed by atoms with E-state index in [-0.39, 0.29) is 29.7 Å². The van der Waals surface area contributed by atoms with Crippen LogP contribution in [0.1, 0.15) is 54.6 Å². The minimum absolute atomic E-state index is 0.0675. The average Bonchev–Trinajstić information content (AvgIpc) is 3.22. The molecule has 0 saturated carbocycles. The second kappa shape index (κ2) is 10.8. The second-order valence-corrected chi connectivity index (χ2v) is 8.08. The first-order chi connectivity index (χ1) is 15.0. The summed E-state index contributed by atoms with van der Waals surface area (Å²) in [6.45, 7) is 6.46. The highest BCUT2D eigenvalue weighted by molar-refractivity contribution is 7.99. The van der Waals surface area contributed by atoms with Crippen molar-refractivity contribution in [3.8, 4) is 0 Å². The first-order valence-corrected chi connectivity index (χ1v) is 11.2. The molecule has 0 spiro atoms. The van der Waals surface area contributed by atoms with Gasteiger partial charge in [0.1, 0.15) is 0 Å². The minimum Gasteiger partial charge on any atom is -0.349 e. The summed E-state index contributed by atoms with van der Waals surface area (Å²) in [4.78, 5) is 24.8. The Morgan fingerprint density at radius 3 is 2.23 bits per heavy atom. The monoisotopic (exact) mass is 437 g/mol. The third-order valence-electron chi connectivity index (χ3n) is 4.84. The minimum atomic E-state index is -0.318. The number of benzene rings is 2. The van der Waals surface area contributed by atoms with Crippen molar-refractivity contribution in [2.24, 2.45) is 0 Å². The van der Waals surface area contributed by atoms with Crippen LogP contribution in [0.4, 0.5) is 0 Å². The summed E-state index contributed by atoms with van der Waals surface area (Å²) in [5, 5.41) is 15.1. The summed E-state index contributed by atoms with van der Waals surface area (Å²) in [7, 11) is 0. The molecule has 1 aromatic heterocycles. The number of thioether (sulfide) groups is 1. The lowest BCUT2D eigenvalue weighted by atomic mass is 10.1. The quantitative estimate of drug-likeness (QED) is 0.498. The lowest BCUT2D eigenvalue weighted by molar-refractivity contribution is -0.119. The van der Waals surface area contributed by atoms with Crippen molar-refractivity contribution >= 4 is 23.6 Å². The molecular weight excluding hydrogens is 410 g/mol. The summed E-state index contributed by atoms with van der Waals surface area (Å²) in [6, 6.07) is 18.5. The first-order valence-electron chi connectivity index (χ1n) is 10.3.